The molecule has 0 aliphatic heterocycles. The van der Waals surface area contributed by atoms with Crippen molar-refractivity contribution in [3.8, 4) is 5.75 Å². The average Bonchev–Trinajstić information content (AvgIpc) is 2.30. The van der Waals surface area contributed by atoms with Crippen LogP contribution in [-0.2, 0) is 6.42 Å². The van der Waals surface area contributed by atoms with Crippen molar-refractivity contribution in [2.24, 2.45) is 0 Å². The summed E-state index contributed by atoms with van der Waals surface area (Å²) in [6.45, 7) is 4.69. The van der Waals surface area contributed by atoms with Crippen LogP contribution in [0.4, 0.5) is 5.95 Å². The highest BCUT2D eigenvalue weighted by Crippen LogP contribution is 2.10. The zero-order valence-electron chi connectivity index (χ0n) is 10.6. The standard InChI is InChI=1S/C14H17N3O/c1-10-9-11(2)17-14(16-10)15-8-7-12-3-5-13(18)6-4-12/h3-6,9,18H,7-8H2,1-2H3,(H,15,16,17). The number of hydrogen-bond donors (Lipinski definition) is 2. The molecule has 0 aliphatic carbocycles. The van der Waals surface area contributed by atoms with Gasteiger partial charge < -0.3 is 10.4 Å². The number of aryl methyl sites for hydroxylation is 2. The summed E-state index contributed by atoms with van der Waals surface area (Å²) in [4.78, 5) is 8.63. The third-order valence-corrected chi connectivity index (χ3v) is 2.62. The fraction of sp³-hybridized carbons (Fsp3) is 0.286. The van der Waals surface area contributed by atoms with Crippen molar-refractivity contribution in [2.45, 2.75) is 20.3 Å². The van der Waals surface area contributed by atoms with E-state index in [0.717, 1.165) is 24.4 Å². The van der Waals surface area contributed by atoms with Gasteiger partial charge in [-0.15, -0.1) is 0 Å². The molecule has 1 heterocycles. The number of aromatic nitrogens is 2. The van der Waals surface area contributed by atoms with E-state index in [9.17, 15) is 5.11 Å². The van der Waals surface area contributed by atoms with E-state index in [4.69, 9.17) is 0 Å². The lowest BCUT2D eigenvalue weighted by Crippen LogP contribution is -2.09. The summed E-state index contributed by atoms with van der Waals surface area (Å²) >= 11 is 0. The second kappa shape index (κ2) is 5.49. The largest absolute Gasteiger partial charge is 0.508 e. The molecule has 18 heavy (non-hydrogen) atoms. The minimum atomic E-state index is 0.296. The van der Waals surface area contributed by atoms with Gasteiger partial charge in [0.2, 0.25) is 5.95 Å². The monoisotopic (exact) mass is 243 g/mol. The lowest BCUT2D eigenvalue weighted by Gasteiger charge is -2.06. The second-order valence-electron chi connectivity index (χ2n) is 4.32. The summed E-state index contributed by atoms with van der Waals surface area (Å²) in [5.74, 6) is 0.968. The first kappa shape index (κ1) is 12.4. The highest BCUT2D eigenvalue weighted by Gasteiger charge is 1.99. The van der Waals surface area contributed by atoms with E-state index >= 15 is 0 Å². The molecule has 0 amide bonds. The second-order valence-corrected chi connectivity index (χ2v) is 4.32. The van der Waals surface area contributed by atoms with Crippen LogP contribution in [0.25, 0.3) is 0 Å². The first-order chi connectivity index (χ1) is 8.63. The number of phenolic OH excluding ortho intramolecular Hbond substituents is 1. The molecule has 94 valence electrons. The Morgan fingerprint density at radius 3 is 2.28 bits per heavy atom. The fourth-order valence-corrected chi connectivity index (χ4v) is 1.79. The smallest absolute Gasteiger partial charge is 0.223 e. The van der Waals surface area contributed by atoms with Crippen LogP contribution < -0.4 is 5.32 Å². The van der Waals surface area contributed by atoms with Crippen LogP contribution in [0.15, 0.2) is 30.3 Å². The van der Waals surface area contributed by atoms with Gasteiger partial charge in [0.1, 0.15) is 5.75 Å². The molecule has 0 unspecified atom stereocenters. The zero-order valence-corrected chi connectivity index (χ0v) is 10.6. The molecule has 0 atom stereocenters. The van der Waals surface area contributed by atoms with Gasteiger partial charge in [0.15, 0.2) is 0 Å². The Bertz CT molecular complexity index is 503. The fourth-order valence-electron chi connectivity index (χ4n) is 1.79. The van der Waals surface area contributed by atoms with Crippen LogP contribution >= 0.6 is 0 Å². The third kappa shape index (κ3) is 3.45. The molecular weight excluding hydrogens is 226 g/mol. The maximum absolute atomic E-state index is 9.19. The molecule has 4 heteroatoms. The van der Waals surface area contributed by atoms with E-state index in [1.165, 1.54) is 5.56 Å². The van der Waals surface area contributed by atoms with Crippen LogP contribution in [0.5, 0.6) is 5.75 Å². The van der Waals surface area contributed by atoms with E-state index in [-0.39, 0.29) is 0 Å². The van der Waals surface area contributed by atoms with Crippen molar-refractivity contribution in [1.29, 1.82) is 0 Å². The number of hydrogen-bond acceptors (Lipinski definition) is 4. The topological polar surface area (TPSA) is 58.0 Å². The normalized spacial score (nSPS) is 10.3. The lowest BCUT2D eigenvalue weighted by atomic mass is 10.1. The molecule has 1 aromatic heterocycles. The van der Waals surface area contributed by atoms with Gasteiger partial charge in [-0.25, -0.2) is 9.97 Å². The molecule has 0 saturated carbocycles. The molecule has 0 bridgehead atoms. The Morgan fingerprint density at radius 1 is 1.06 bits per heavy atom. The minimum Gasteiger partial charge on any atom is -0.508 e. The van der Waals surface area contributed by atoms with Gasteiger partial charge >= 0.3 is 0 Å². The molecule has 0 fully saturated rings. The van der Waals surface area contributed by atoms with Crippen molar-refractivity contribution >= 4 is 5.95 Å². The van der Waals surface area contributed by atoms with Crippen molar-refractivity contribution < 1.29 is 5.11 Å². The molecule has 0 aliphatic rings. The number of nitrogens with one attached hydrogen (secondary N) is 1. The van der Waals surface area contributed by atoms with Gasteiger partial charge in [0, 0.05) is 17.9 Å². The summed E-state index contributed by atoms with van der Waals surface area (Å²) in [5.41, 5.74) is 3.11. The number of rotatable bonds is 4. The van der Waals surface area contributed by atoms with Crippen molar-refractivity contribution in [3.05, 3.63) is 47.3 Å². The lowest BCUT2D eigenvalue weighted by molar-refractivity contribution is 0.475. The van der Waals surface area contributed by atoms with Gasteiger partial charge in [-0.3, -0.25) is 0 Å². The van der Waals surface area contributed by atoms with Crippen LogP contribution in [0.2, 0.25) is 0 Å². The van der Waals surface area contributed by atoms with E-state index in [1.807, 2.05) is 32.0 Å². The van der Waals surface area contributed by atoms with E-state index in [1.54, 1.807) is 12.1 Å². The molecule has 2 N–H and O–H groups in total. The molecule has 0 radical (unpaired) electrons. The van der Waals surface area contributed by atoms with Crippen LogP contribution in [0, 0.1) is 13.8 Å². The average molecular weight is 243 g/mol. The van der Waals surface area contributed by atoms with Gasteiger partial charge in [0.05, 0.1) is 0 Å². The van der Waals surface area contributed by atoms with Crippen molar-refractivity contribution in [3.63, 3.8) is 0 Å². The summed E-state index contributed by atoms with van der Waals surface area (Å²) < 4.78 is 0. The molecule has 4 nitrogen and oxygen atoms in total. The van der Waals surface area contributed by atoms with Crippen molar-refractivity contribution in [2.75, 3.05) is 11.9 Å². The molecular formula is C14H17N3O. The number of aromatic hydroxyl groups is 1. The van der Waals surface area contributed by atoms with E-state index in [0.29, 0.717) is 11.7 Å². The van der Waals surface area contributed by atoms with Crippen LogP contribution in [0.1, 0.15) is 17.0 Å². The molecule has 0 saturated heterocycles. The Hall–Kier alpha value is -2.10. The SMILES string of the molecule is Cc1cc(C)nc(NCCc2ccc(O)cc2)n1. The number of anilines is 1. The zero-order chi connectivity index (χ0) is 13.0. The maximum atomic E-state index is 9.19. The van der Waals surface area contributed by atoms with Crippen molar-refractivity contribution in [1.82, 2.24) is 9.97 Å². The minimum absolute atomic E-state index is 0.296. The Balaban J connectivity index is 1.90. The Kier molecular flexibility index (Phi) is 3.77. The van der Waals surface area contributed by atoms with E-state index in [2.05, 4.69) is 15.3 Å². The highest BCUT2D eigenvalue weighted by atomic mass is 16.3. The predicted molar refractivity (Wildman–Crippen MR) is 71.8 cm³/mol. The summed E-state index contributed by atoms with van der Waals surface area (Å²) in [7, 11) is 0. The summed E-state index contributed by atoms with van der Waals surface area (Å²) in [6, 6.07) is 9.18. The van der Waals surface area contributed by atoms with E-state index < -0.39 is 0 Å². The third-order valence-electron chi connectivity index (χ3n) is 2.62. The molecule has 2 rings (SSSR count). The van der Waals surface area contributed by atoms with Gasteiger partial charge in [0.25, 0.3) is 0 Å². The Morgan fingerprint density at radius 2 is 1.67 bits per heavy atom. The molecule has 1 aromatic carbocycles. The number of phenols is 1. The summed E-state index contributed by atoms with van der Waals surface area (Å²) in [6.07, 6.45) is 0.872. The van der Waals surface area contributed by atoms with Gasteiger partial charge in [-0.2, -0.15) is 0 Å². The first-order valence-corrected chi connectivity index (χ1v) is 5.97. The quantitative estimate of drug-likeness (QED) is 0.866. The van der Waals surface area contributed by atoms with Crippen LogP contribution in [-0.4, -0.2) is 21.6 Å². The predicted octanol–water partition coefficient (Wildman–Crippen LogP) is 2.45. The highest BCUT2D eigenvalue weighted by molar-refractivity contribution is 5.29. The van der Waals surface area contributed by atoms with Gasteiger partial charge in [-0.05, 0) is 44.0 Å². The molecule has 0 spiro atoms. The van der Waals surface area contributed by atoms with Crippen LogP contribution in [0.3, 0.4) is 0 Å². The molecule has 2 aromatic rings. The summed E-state index contributed by atoms with van der Waals surface area (Å²) in [5, 5.41) is 12.4. The maximum Gasteiger partial charge on any atom is 0.223 e. The number of benzene rings is 1. The van der Waals surface area contributed by atoms with Gasteiger partial charge in [-0.1, -0.05) is 12.1 Å². The first-order valence-electron chi connectivity index (χ1n) is 5.97. The number of nitrogens with zero attached hydrogens (tertiary/aromatic N) is 2. The Labute approximate surface area is 107 Å².